The number of carbonyl (C=O) groups is 1. The Balaban J connectivity index is 1.74. The van der Waals surface area contributed by atoms with Crippen LogP contribution in [0.4, 0.5) is 0 Å². The molecule has 5 heteroatoms. The number of nitrogens with zero attached hydrogens (tertiary/aromatic N) is 4. The summed E-state index contributed by atoms with van der Waals surface area (Å²) < 4.78 is 0. The van der Waals surface area contributed by atoms with Gasteiger partial charge in [-0.2, -0.15) is 0 Å². The van der Waals surface area contributed by atoms with Gasteiger partial charge in [0.15, 0.2) is 0 Å². The zero-order chi connectivity index (χ0) is 12.7. The third kappa shape index (κ3) is 1.79. The van der Waals surface area contributed by atoms with E-state index < -0.39 is 0 Å². The van der Waals surface area contributed by atoms with E-state index in [4.69, 9.17) is 0 Å². The summed E-state index contributed by atoms with van der Waals surface area (Å²) in [6, 6.07) is 0.328. The molecule has 0 N–H and O–H groups in total. The van der Waals surface area contributed by atoms with Gasteiger partial charge in [-0.1, -0.05) is 0 Å². The molecule has 5 nitrogen and oxygen atoms in total. The third-order valence-electron chi connectivity index (χ3n) is 3.88. The average molecular weight is 246 g/mol. The van der Waals surface area contributed by atoms with Gasteiger partial charge in [0.05, 0.1) is 11.7 Å². The summed E-state index contributed by atoms with van der Waals surface area (Å²) in [6.07, 6.45) is 4.37. The van der Waals surface area contributed by atoms with E-state index in [1.54, 1.807) is 6.33 Å². The molecule has 0 bridgehead atoms. The molecule has 18 heavy (non-hydrogen) atoms. The minimum Gasteiger partial charge on any atom is -0.339 e. The van der Waals surface area contributed by atoms with E-state index in [0.717, 1.165) is 37.3 Å². The van der Waals surface area contributed by atoms with Crippen molar-refractivity contribution in [3.05, 3.63) is 23.8 Å². The molecule has 1 unspecified atom stereocenters. The fraction of sp³-hybridized carbons (Fsp3) is 0.615. The van der Waals surface area contributed by atoms with E-state index in [2.05, 4.69) is 28.7 Å². The zero-order valence-electron chi connectivity index (χ0n) is 10.8. The fourth-order valence-electron chi connectivity index (χ4n) is 2.88. The SMILES string of the molecule is CC(C)N1CCC(N2Cc3cncnc3C2)C1=O. The topological polar surface area (TPSA) is 49.3 Å². The second-order valence-electron chi connectivity index (χ2n) is 5.33. The highest BCUT2D eigenvalue weighted by Gasteiger charge is 2.39. The lowest BCUT2D eigenvalue weighted by molar-refractivity contribution is -0.133. The number of hydrogen-bond acceptors (Lipinski definition) is 4. The van der Waals surface area contributed by atoms with Crippen molar-refractivity contribution in [2.45, 2.75) is 45.4 Å². The minimum atomic E-state index is 0.0293. The van der Waals surface area contributed by atoms with Crippen LogP contribution in [0.3, 0.4) is 0 Å². The molecule has 0 aliphatic carbocycles. The first-order chi connectivity index (χ1) is 8.66. The first-order valence-corrected chi connectivity index (χ1v) is 6.49. The molecule has 2 aliphatic heterocycles. The second kappa shape index (κ2) is 4.31. The Morgan fingerprint density at radius 1 is 1.39 bits per heavy atom. The van der Waals surface area contributed by atoms with Gasteiger partial charge >= 0.3 is 0 Å². The Labute approximate surface area is 107 Å². The largest absolute Gasteiger partial charge is 0.339 e. The Morgan fingerprint density at radius 2 is 2.22 bits per heavy atom. The van der Waals surface area contributed by atoms with Crippen molar-refractivity contribution in [2.24, 2.45) is 0 Å². The molecular weight excluding hydrogens is 228 g/mol. The van der Waals surface area contributed by atoms with Crippen molar-refractivity contribution in [3.8, 4) is 0 Å². The quantitative estimate of drug-likeness (QED) is 0.774. The maximum absolute atomic E-state index is 12.3. The Kier molecular flexibility index (Phi) is 2.78. The Bertz CT molecular complexity index is 449. The van der Waals surface area contributed by atoms with Crippen LogP contribution in [0.2, 0.25) is 0 Å². The number of likely N-dealkylation sites (tertiary alicyclic amines) is 1. The van der Waals surface area contributed by atoms with E-state index in [0.29, 0.717) is 6.04 Å². The summed E-state index contributed by atoms with van der Waals surface area (Å²) in [5.74, 6) is 0.269. The van der Waals surface area contributed by atoms with E-state index in [1.165, 1.54) is 0 Å². The van der Waals surface area contributed by atoms with Crippen LogP contribution in [0.25, 0.3) is 0 Å². The van der Waals surface area contributed by atoms with Gasteiger partial charge in [-0.25, -0.2) is 9.97 Å². The van der Waals surface area contributed by atoms with Crippen LogP contribution >= 0.6 is 0 Å². The predicted molar refractivity (Wildman–Crippen MR) is 66.5 cm³/mol. The molecule has 96 valence electrons. The van der Waals surface area contributed by atoms with E-state index in [1.807, 2.05) is 11.1 Å². The smallest absolute Gasteiger partial charge is 0.240 e. The molecule has 1 amide bonds. The van der Waals surface area contributed by atoms with Gasteiger partial charge in [0.2, 0.25) is 5.91 Å². The molecule has 3 heterocycles. The van der Waals surface area contributed by atoms with Crippen molar-refractivity contribution in [1.29, 1.82) is 0 Å². The van der Waals surface area contributed by atoms with Crippen LogP contribution in [0.5, 0.6) is 0 Å². The highest BCUT2D eigenvalue weighted by Crippen LogP contribution is 2.27. The van der Waals surface area contributed by atoms with Crippen molar-refractivity contribution >= 4 is 5.91 Å². The van der Waals surface area contributed by atoms with Gasteiger partial charge in [0.1, 0.15) is 6.33 Å². The monoisotopic (exact) mass is 246 g/mol. The number of carbonyl (C=O) groups excluding carboxylic acids is 1. The number of rotatable bonds is 2. The molecule has 2 aliphatic rings. The Morgan fingerprint density at radius 3 is 2.89 bits per heavy atom. The van der Waals surface area contributed by atoms with Gasteiger partial charge in [0, 0.05) is 37.4 Å². The highest BCUT2D eigenvalue weighted by atomic mass is 16.2. The van der Waals surface area contributed by atoms with Crippen LogP contribution < -0.4 is 0 Å². The summed E-state index contributed by atoms with van der Waals surface area (Å²) in [4.78, 5) is 24.9. The normalized spacial score (nSPS) is 24.1. The molecule has 3 rings (SSSR count). The van der Waals surface area contributed by atoms with Crippen molar-refractivity contribution < 1.29 is 4.79 Å². The molecule has 1 saturated heterocycles. The average Bonchev–Trinajstić information content (AvgIpc) is 2.91. The van der Waals surface area contributed by atoms with Crippen LogP contribution in [-0.2, 0) is 17.9 Å². The predicted octanol–water partition coefficient (Wildman–Crippen LogP) is 0.802. The van der Waals surface area contributed by atoms with Crippen molar-refractivity contribution in [3.63, 3.8) is 0 Å². The first kappa shape index (κ1) is 11.6. The van der Waals surface area contributed by atoms with E-state index in [9.17, 15) is 4.79 Å². The summed E-state index contributed by atoms with van der Waals surface area (Å²) in [6.45, 7) is 6.60. The molecule has 1 aromatic heterocycles. The van der Waals surface area contributed by atoms with Crippen LogP contribution in [0, 0.1) is 0 Å². The molecule has 0 radical (unpaired) electrons. The first-order valence-electron chi connectivity index (χ1n) is 6.49. The number of aromatic nitrogens is 2. The van der Waals surface area contributed by atoms with Gasteiger partial charge in [-0.15, -0.1) is 0 Å². The van der Waals surface area contributed by atoms with Crippen LogP contribution in [0.1, 0.15) is 31.5 Å². The van der Waals surface area contributed by atoms with Crippen molar-refractivity contribution in [1.82, 2.24) is 19.8 Å². The number of amides is 1. The lowest BCUT2D eigenvalue weighted by Gasteiger charge is -2.24. The van der Waals surface area contributed by atoms with Gasteiger partial charge in [-0.3, -0.25) is 9.69 Å². The molecule has 1 aromatic rings. The molecule has 0 saturated carbocycles. The second-order valence-corrected chi connectivity index (χ2v) is 5.33. The summed E-state index contributed by atoms with van der Waals surface area (Å²) >= 11 is 0. The zero-order valence-corrected chi connectivity index (χ0v) is 10.8. The molecule has 0 aromatic carbocycles. The fourth-order valence-corrected chi connectivity index (χ4v) is 2.88. The number of hydrogen-bond donors (Lipinski definition) is 0. The van der Waals surface area contributed by atoms with Crippen LogP contribution in [-0.4, -0.2) is 44.3 Å². The molecule has 0 spiro atoms. The molecular formula is C13H18N4O. The summed E-state index contributed by atoms with van der Waals surface area (Å²) in [5.41, 5.74) is 2.23. The lowest BCUT2D eigenvalue weighted by Crippen LogP contribution is -2.41. The van der Waals surface area contributed by atoms with Gasteiger partial charge in [-0.05, 0) is 20.3 Å². The summed E-state index contributed by atoms with van der Waals surface area (Å²) in [5, 5.41) is 0. The summed E-state index contributed by atoms with van der Waals surface area (Å²) in [7, 11) is 0. The maximum Gasteiger partial charge on any atom is 0.240 e. The molecule has 1 fully saturated rings. The highest BCUT2D eigenvalue weighted by molar-refractivity contribution is 5.84. The third-order valence-corrected chi connectivity index (χ3v) is 3.88. The molecule has 1 atom stereocenters. The van der Waals surface area contributed by atoms with Gasteiger partial charge in [0.25, 0.3) is 0 Å². The Hall–Kier alpha value is -1.49. The van der Waals surface area contributed by atoms with E-state index in [-0.39, 0.29) is 11.9 Å². The number of fused-ring (bicyclic) bond motifs is 1. The minimum absolute atomic E-state index is 0.0293. The van der Waals surface area contributed by atoms with Crippen LogP contribution in [0.15, 0.2) is 12.5 Å². The van der Waals surface area contributed by atoms with E-state index >= 15 is 0 Å². The standard InChI is InChI=1S/C13H18N4O/c1-9(2)17-4-3-12(13(17)18)16-6-10-5-14-8-15-11(10)7-16/h5,8-9,12H,3-4,6-7H2,1-2H3. The maximum atomic E-state index is 12.3. The van der Waals surface area contributed by atoms with Gasteiger partial charge < -0.3 is 4.90 Å². The van der Waals surface area contributed by atoms with Crippen molar-refractivity contribution in [2.75, 3.05) is 6.54 Å². The lowest BCUT2D eigenvalue weighted by atomic mass is 10.2.